The summed E-state index contributed by atoms with van der Waals surface area (Å²) in [4.78, 5) is 11.3. The van der Waals surface area contributed by atoms with Crippen LogP contribution in [0, 0.1) is 0 Å². The van der Waals surface area contributed by atoms with E-state index in [1.165, 1.54) is 6.92 Å². The van der Waals surface area contributed by atoms with Crippen LogP contribution in [0.15, 0.2) is 35.0 Å². The van der Waals surface area contributed by atoms with Gasteiger partial charge in [0, 0.05) is 5.56 Å². The third-order valence-electron chi connectivity index (χ3n) is 2.54. The highest BCUT2D eigenvalue weighted by molar-refractivity contribution is 7.07. The van der Waals surface area contributed by atoms with Gasteiger partial charge in [-0.2, -0.15) is 11.3 Å². The number of hydrogen-bond acceptors (Lipinski definition) is 4. The van der Waals surface area contributed by atoms with Crippen LogP contribution in [0.2, 0.25) is 0 Å². The maximum atomic E-state index is 11.3. The Morgan fingerprint density at radius 2 is 2.11 bits per heavy atom. The van der Waals surface area contributed by atoms with Crippen LogP contribution in [0.3, 0.4) is 0 Å². The summed E-state index contributed by atoms with van der Waals surface area (Å²) in [6.07, 6.45) is 0. The fourth-order valence-electron chi connectivity index (χ4n) is 1.54. The zero-order valence-electron chi connectivity index (χ0n) is 10.3. The largest absolute Gasteiger partial charge is 0.493 e. The molecule has 0 unspecified atom stereocenters. The van der Waals surface area contributed by atoms with Crippen LogP contribution in [-0.2, 0) is 6.61 Å². The fourth-order valence-corrected chi connectivity index (χ4v) is 2.20. The van der Waals surface area contributed by atoms with Gasteiger partial charge in [-0.05, 0) is 47.5 Å². The summed E-state index contributed by atoms with van der Waals surface area (Å²) in [5, 5.41) is 4.05. The van der Waals surface area contributed by atoms with Crippen molar-refractivity contribution in [1.82, 2.24) is 0 Å². The molecule has 3 nitrogen and oxygen atoms in total. The number of carbonyl (C=O) groups excluding carboxylic acids is 1. The van der Waals surface area contributed by atoms with Crippen molar-refractivity contribution in [3.63, 3.8) is 0 Å². The molecule has 0 saturated heterocycles. The minimum atomic E-state index is 0.0117. The second-order valence-electron chi connectivity index (χ2n) is 3.84. The van der Waals surface area contributed by atoms with Gasteiger partial charge in [-0.25, -0.2) is 0 Å². The first-order chi connectivity index (χ1) is 8.70. The summed E-state index contributed by atoms with van der Waals surface area (Å²) in [6, 6.07) is 7.22. The molecular weight excluding hydrogens is 248 g/mol. The lowest BCUT2D eigenvalue weighted by Crippen LogP contribution is -1.99. The highest BCUT2D eigenvalue weighted by atomic mass is 32.1. The molecule has 18 heavy (non-hydrogen) atoms. The van der Waals surface area contributed by atoms with Crippen LogP contribution in [0.1, 0.15) is 22.8 Å². The zero-order valence-corrected chi connectivity index (χ0v) is 11.1. The third-order valence-corrected chi connectivity index (χ3v) is 3.28. The van der Waals surface area contributed by atoms with Gasteiger partial charge in [0.05, 0.1) is 7.11 Å². The van der Waals surface area contributed by atoms with E-state index in [1.807, 2.05) is 16.8 Å². The predicted molar refractivity (Wildman–Crippen MR) is 71.6 cm³/mol. The molecule has 0 aliphatic heterocycles. The molecule has 4 heteroatoms. The summed E-state index contributed by atoms with van der Waals surface area (Å²) in [6.45, 7) is 2.03. The monoisotopic (exact) mass is 262 g/mol. The Hall–Kier alpha value is -1.81. The number of rotatable bonds is 5. The first-order valence-corrected chi connectivity index (χ1v) is 6.48. The average Bonchev–Trinajstić information content (AvgIpc) is 2.89. The molecule has 1 aromatic heterocycles. The van der Waals surface area contributed by atoms with Gasteiger partial charge >= 0.3 is 0 Å². The highest BCUT2D eigenvalue weighted by Gasteiger charge is 2.08. The second kappa shape index (κ2) is 5.69. The fraction of sp³-hybridized carbons (Fsp3) is 0.214. The Bertz CT molecular complexity index is 532. The van der Waals surface area contributed by atoms with E-state index in [0.717, 1.165) is 5.56 Å². The quantitative estimate of drug-likeness (QED) is 0.773. The number of benzene rings is 1. The van der Waals surface area contributed by atoms with Crippen molar-refractivity contribution in [2.24, 2.45) is 0 Å². The molecule has 2 aromatic rings. The number of hydrogen-bond donors (Lipinski definition) is 0. The van der Waals surface area contributed by atoms with Crippen LogP contribution in [0.25, 0.3) is 0 Å². The van der Waals surface area contributed by atoms with Crippen molar-refractivity contribution in [1.29, 1.82) is 0 Å². The molecule has 0 atom stereocenters. The number of methoxy groups -OCH3 is 1. The Kier molecular flexibility index (Phi) is 3.99. The summed E-state index contributed by atoms with van der Waals surface area (Å²) < 4.78 is 10.9. The topological polar surface area (TPSA) is 35.5 Å². The maximum Gasteiger partial charge on any atom is 0.161 e. The van der Waals surface area contributed by atoms with E-state index in [0.29, 0.717) is 23.7 Å². The molecule has 0 amide bonds. The third kappa shape index (κ3) is 2.90. The van der Waals surface area contributed by atoms with Crippen molar-refractivity contribution in [2.75, 3.05) is 7.11 Å². The molecule has 1 aromatic carbocycles. The molecule has 2 rings (SSSR count). The van der Waals surface area contributed by atoms with Gasteiger partial charge in [0.2, 0.25) is 0 Å². The van der Waals surface area contributed by atoms with E-state index in [2.05, 4.69) is 0 Å². The van der Waals surface area contributed by atoms with Gasteiger partial charge in [0.1, 0.15) is 6.61 Å². The number of Topliss-reactive ketones (excluding diaryl/α,β-unsaturated/α-hetero) is 1. The Balaban J connectivity index is 2.14. The highest BCUT2D eigenvalue weighted by Crippen LogP contribution is 2.29. The molecule has 0 radical (unpaired) electrons. The molecule has 0 aliphatic rings. The summed E-state index contributed by atoms with van der Waals surface area (Å²) in [5.74, 6) is 1.24. The van der Waals surface area contributed by atoms with Crippen molar-refractivity contribution in [2.45, 2.75) is 13.5 Å². The molecule has 0 saturated carbocycles. The number of ketones is 1. The van der Waals surface area contributed by atoms with Crippen LogP contribution in [0.4, 0.5) is 0 Å². The predicted octanol–water partition coefficient (Wildman–Crippen LogP) is 3.54. The molecule has 94 valence electrons. The summed E-state index contributed by atoms with van der Waals surface area (Å²) >= 11 is 1.64. The Morgan fingerprint density at radius 1 is 1.28 bits per heavy atom. The zero-order chi connectivity index (χ0) is 13.0. The lowest BCUT2D eigenvalue weighted by Gasteiger charge is -2.10. The number of thiophene rings is 1. The summed E-state index contributed by atoms with van der Waals surface area (Å²) in [5.41, 5.74) is 1.74. The molecule has 0 N–H and O–H groups in total. The standard InChI is InChI=1S/C14H14O3S/c1-10(15)12-3-4-13(14(7-12)16-2)17-8-11-5-6-18-9-11/h3-7,9H,8H2,1-2H3. The normalized spacial score (nSPS) is 10.1. The SMILES string of the molecule is COc1cc(C(C)=O)ccc1OCc1ccsc1. The average molecular weight is 262 g/mol. The van der Waals surface area contributed by atoms with Gasteiger partial charge in [0.15, 0.2) is 17.3 Å². The molecule has 0 fully saturated rings. The van der Waals surface area contributed by atoms with Gasteiger partial charge in [-0.3, -0.25) is 4.79 Å². The molecule has 1 heterocycles. The molecule has 0 bridgehead atoms. The molecule has 0 aliphatic carbocycles. The van der Waals surface area contributed by atoms with Gasteiger partial charge in [0.25, 0.3) is 0 Å². The van der Waals surface area contributed by atoms with E-state index < -0.39 is 0 Å². The minimum Gasteiger partial charge on any atom is -0.493 e. The molecule has 0 spiro atoms. The molecular formula is C14H14O3S. The maximum absolute atomic E-state index is 11.3. The number of ether oxygens (including phenoxy) is 2. The van der Waals surface area contributed by atoms with Crippen molar-refractivity contribution >= 4 is 17.1 Å². The first kappa shape index (κ1) is 12.6. The Labute approximate surface area is 110 Å². The smallest absolute Gasteiger partial charge is 0.161 e. The Morgan fingerprint density at radius 3 is 2.72 bits per heavy atom. The lowest BCUT2D eigenvalue weighted by atomic mass is 10.1. The van der Waals surface area contributed by atoms with Crippen LogP contribution in [0.5, 0.6) is 11.5 Å². The van der Waals surface area contributed by atoms with Crippen molar-refractivity contribution in [3.05, 3.63) is 46.2 Å². The van der Waals surface area contributed by atoms with E-state index in [4.69, 9.17) is 9.47 Å². The van der Waals surface area contributed by atoms with Crippen LogP contribution < -0.4 is 9.47 Å². The van der Waals surface area contributed by atoms with Gasteiger partial charge in [-0.15, -0.1) is 0 Å². The van der Waals surface area contributed by atoms with E-state index in [1.54, 1.807) is 36.6 Å². The van der Waals surface area contributed by atoms with Crippen LogP contribution >= 0.6 is 11.3 Å². The second-order valence-corrected chi connectivity index (χ2v) is 4.62. The van der Waals surface area contributed by atoms with E-state index in [9.17, 15) is 4.79 Å². The summed E-state index contributed by atoms with van der Waals surface area (Å²) in [7, 11) is 1.57. The van der Waals surface area contributed by atoms with E-state index >= 15 is 0 Å². The van der Waals surface area contributed by atoms with Crippen LogP contribution in [-0.4, -0.2) is 12.9 Å². The van der Waals surface area contributed by atoms with Crippen molar-refractivity contribution in [3.8, 4) is 11.5 Å². The van der Waals surface area contributed by atoms with Crippen molar-refractivity contribution < 1.29 is 14.3 Å². The van der Waals surface area contributed by atoms with Gasteiger partial charge < -0.3 is 9.47 Å². The minimum absolute atomic E-state index is 0.0117. The van der Waals surface area contributed by atoms with Gasteiger partial charge in [-0.1, -0.05) is 0 Å². The lowest BCUT2D eigenvalue weighted by molar-refractivity contribution is 0.101. The number of carbonyl (C=O) groups is 1. The van der Waals surface area contributed by atoms with E-state index in [-0.39, 0.29) is 5.78 Å². The first-order valence-electron chi connectivity index (χ1n) is 5.53.